The standard InChI is InChI=1S/C6H5FN2O3S/c7-5-2-1-4(9(10)11)3-6(5)13(8)12/h1-3H,8H2. The van der Waals surface area contributed by atoms with Crippen LogP contribution < -0.4 is 5.14 Å². The van der Waals surface area contributed by atoms with E-state index in [4.69, 9.17) is 5.14 Å². The molecule has 0 aliphatic rings. The maximum absolute atomic E-state index is 12.8. The van der Waals surface area contributed by atoms with E-state index in [2.05, 4.69) is 0 Å². The van der Waals surface area contributed by atoms with Gasteiger partial charge in [-0.15, -0.1) is 0 Å². The van der Waals surface area contributed by atoms with Crippen LogP contribution in [-0.4, -0.2) is 9.13 Å². The molecule has 0 radical (unpaired) electrons. The van der Waals surface area contributed by atoms with Crippen molar-refractivity contribution in [2.75, 3.05) is 0 Å². The Kier molecular flexibility index (Phi) is 2.69. The lowest BCUT2D eigenvalue weighted by molar-refractivity contribution is -0.385. The van der Waals surface area contributed by atoms with E-state index in [9.17, 15) is 18.7 Å². The first-order chi connectivity index (χ1) is 6.02. The summed E-state index contributed by atoms with van der Waals surface area (Å²) < 4.78 is 23.5. The van der Waals surface area contributed by atoms with Gasteiger partial charge in [0.1, 0.15) is 16.8 Å². The average Bonchev–Trinajstić information content (AvgIpc) is 2.04. The van der Waals surface area contributed by atoms with Crippen LogP contribution in [-0.2, 0) is 11.0 Å². The van der Waals surface area contributed by atoms with Gasteiger partial charge in [0, 0.05) is 12.1 Å². The van der Waals surface area contributed by atoms with E-state index in [1.54, 1.807) is 0 Å². The minimum atomic E-state index is -2.05. The Morgan fingerprint density at radius 1 is 1.54 bits per heavy atom. The van der Waals surface area contributed by atoms with Crippen molar-refractivity contribution < 1.29 is 13.5 Å². The molecule has 5 nitrogen and oxygen atoms in total. The number of non-ortho nitro benzene ring substituents is 1. The molecule has 0 fully saturated rings. The van der Waals surface area contributed by atoms with E-state index in [0.717, 1.165) is 18.2 Å². The van der Waals surface area contributed by atoms with E-state index >= 15 is 0 Å². The maximum atomic E-state index is 12.8. The molecule has 0 bridgehead atoms. The van der Waals surface area contributed by atoms with Gasteiger partial charge in [0.15, 0.2) is 0 Å². The quantitative estimate of drug-likeness (QED) is 0.568. The van der Waals surface area contributed by atoms with Crippen molar-refractivity contribution in [1.82, 2.24) is 0 Å². The van der Waals surface area contributed by atoms with Crippen LogP contribution in [0.5, 0.6) is 0 Å². The zero-order chi connectivity index (χ0) is 10.0. The summed E-state index contributed by atoms with van der Waals surface area (Å²) in [5.74, 6) is -0.813. The van der Waals surface area contributed by atoms with Gasteiger partial charge in [0.2, 0.25) is 0 Å². The SMILES string of the molecule is NS(=O)c1cc([N+](=O)[O-])ccc1F. The van der Waals surface area contributed by atoms with Crippen LogP contribution in [0.25, 0.3) is 0 Å². The first-order valence-corrected chi connectivity index (χ1v) is 4.34. The predicted octanol–water partition coefficient (Wildman–Crippen LogP) is 0.715. The Balaban J connectivity index is 3.27. The van der Waals surface area contributed by atoms with Crippen molar-refractivity contribution in [3.8, 4) is 0 Å². The third-order valence-corrected chi connectivity index (χ3v) is 2.09. The molecule has 0 saturated carbocycles. The third-order valence-electron chi connectivity index (χ3n) is 1.34. The zero-order valence-corrected chi connectivity index (χ0v) is 7.08. The van der Waals surface area contributed by atoms with Crippen molar-refractivity contribution in [3.05, 3.63) is 34.1 Å². The lowest BCUT2D eigenvalue weighted by Crippen LogP contribution is -2.05. The molecule has 0 spiro atoms. The number of benzene rings is 1. The number of nitro benzene ring substituents is 1. The number of nitrogens with zero attached hydrogens (tertiary/aromatic N) is 1. The highest BCUT2D eigenvalue weighted by Crippen LogP contribution is 2.17. The summed E-state index contributed by atoms with van der Waals surface area (Å²) in [6.07, 6.45) is 0. The van der Waals surface area contributed by atoms with Gasteiger partial charge in [0.05, 0.1) is 9.82 Å². The number of hydrogen-bond acceptors (Lipinski definition) is 3. The lowest BCUT2D eigenvalue weighted by atomic mass is 10.3. The van der Waals surface area contributed by atoms with Gasteiger partial charge < -0.3 is 0 Å². The summed E-state index contributed by atoms with van der Waals surface area (Å²) in [6, 6.07) is 2.69. The second kappa shape index (κ2) is 3.58. The number of nitrogens with two attached hydrogens (primary N) is 1. The molecule has 0 amide bonds. The highest BCUT2D eigenvalue weighted by atomic mass is 32.2. The van der Waals surface area contributed by atoms with Gasteiger partial charge in [0.25, 0.3) is 5.69 Å². The van der Waals surface area contributed by atoms with Gasteiger partial charge >= 0.3 is 0 Å². The van der Waals surface area contributed by atoms with Crippen molar-refractivity contribution in [2.45, 2.75) is 4.90 Å². The Hall–Kier alpha value is -1.34. The summed E-state index contributed by atoms with van der Waals surface area (Å²) in [5.41, 5.74) is -0.338. The monoisotopic (exact) mass is 204 g/mol. The summed E-state index contributed by atoms with van der Waals surface area (Å²) >= 11 is 0. The Morgan fingerprint density at radius 2 is 2.15 bits per heavy atom. The molecule has 1 rings (SSSR count). The number of halogens is 1. The smallest absolute Gasteiger partial charge is 0.258 e. The molecule has 1 unspecified atom stereocenters. The normalized spacial score (nSPS) is 12.5. The second-order valence-corrected chi connectivity index (χ2v) is 3.20. The summed E-state index contributed by atoms with van der Waals surface area (Å²) in [7, 11) is -2.05. The fourth-order valence-corrected chi connectivity index (χ4v) is 1.26. The van der Waals surface area contributed by atoms with Crippen LogP contribution in [0.3, 0.4) is 0 Å². The molecule has 13 heavy (non-hydrogen) atoms. The molecule has 0 aliphatic heterocycles. The Bertz CT molecular complexity index is 382. The molecule has 70 valence electrons. The molecule has 0 saturated heterocycles. The lowest BCUT2D eigenvalue weighted by Gasteiger charge is -1.97. The van der Waals surface area contributed by atoms with E-state index in [1.165, 1.54) is 0 Å². The highest BCUT2D eigenvalue weighted by molar-refractivity contribution is 7.82. The molecule has 1 aromatic carbocycles. The average molecular weight is 204 g/mol. The van der Waals surface area contributed by atoms with Crippen LogP contribution in [0.4, 0.5) is 10.1 Å². The number of hydrogen-bond donors (Lipinski definition) is 1. The van der Waals surface area contributed by atoms with Gasteiger partial charge in [-0.2, -0.15) is 0 Å². The van der Waals surface area contributed by atoms with Crippen molar-refractivity contribution in [3.63, 3.8) is 0 Å². The molecule has 7 heteroatoms. The highest BCUT2D eigenvalue weighted by Gasteiger charge is 2.13. The van der Waals surface area contributed by atoms with Crippen LogP contribution in [0.1, 0.15) is 0 Å². The van der Waals surface area contributed by atoms with Gasteiger partial charge in [-0.1, -0.05) is 0 Å². The molecular formula is C6H5FN2O3S. The molecule has 0 heterocycles. The van der Waals surface area contributed by atoms with E-state index < -0.39 is 21.7 Å². The molecule has 1 aromatic rings. The van der Waals surface area contributed by atoms with Crippen LogP contribution in [0.15, 0.2) is 23.1 Å². The zero-order valence-electron chi connectivity index (χ0n) is 6.27. The van der Waals surface area contributed by atoms with Crippen molar-refractivity contribution >= 4 is 16.7 Å². The van der Waals surface area contributed by atoms with E-state index in [0.29, 0.717) is 0 Å². The number of rotatable bonds is 2. The van der Waals surface area contributed by atoms with Crippen LogP contribution >= 0.6 is 0 Å². The van der Waals surface area contributed by atoms with Crippen molar-refractivity contribution in [2.24, 2.45) is 5.14 Å². The first kappa shape index (κ1) is 9.75. The van der Waals surface area contributed by atoms with Gasteiger partial charge in [-0.25, -0.2) is 13.7 Å². The second-order valence-electron chi connectivity index (χ2n) is 2.17. The van der Waals surface area contributed by atoms with Crippen LogP contribution in [0.2, 0.25) is 0 Å². The van der Waals surface area contributed by atoms with Gasteiger partial charge in [-0.3, -0.25) is 10.1 Å². The summed E-state index contributed by atoms with van der Waals surface area (Å²) in [6.45, 7) is 0. The predicted molar refractivity (Wildman–Crippen MR) is 43.7 cm³/mol. The largest absolute Gasteiger partial charge is 0.270 e. The summed E-state index contributed by atoms with van der Waals surface area (Å²) in [5, 5.41) is 15.1. The Morgan fingerprint density at radius 3 is 2.62 bits per heavy atom. The fourth-order valence-electron chi connectivity index (χ4n) is 0.760. The molecule has 0 aliphatic carbocycles. The molecular weight excluding hydrogens is 199 g/mol. The Labute approximate surface area is 75.1 Å². The third kappa shape index (κ3) is 2.07. The van der Waals surface area contributed by atoms with Gasteiger partial charge in [-0.05, 0) is 6.07 Å². The molecule has 1 atom stereocenters. The fraction of sp³-hybridized carbons (Fsp3) is 0. The maximum Gasteiger partial charge on any atom is 0.270 e. The van der Waals surface area contributed by atoms with Crippen molar-refractivity contribution in [1.29, 1.82) is 0 Å². The topological polar surface area (TPSA) is 86.2 Å². The summed E-state index contributed by atoms with van der Waals surface area (Å²) in [4.78, 5) is 9.15. The van der Waals surface area contributed by atoms with E-state index in [1.807, 2.05) is 0 Å². The van der Waals surface area contributed by atoms with Crippen LogP contribution in [0, 0.1) is 15.9 Å². The molecule has 0 aromatic heterocycles. The van der Waals surface area contributed by atoms with E-state index in [-0.39, 0.29) is 10.6 Å². The number of nitro groups is 1. The minimum absolute atomic E-state index is 0.338. The molecule has 2 N–H and O–H groups in total. The first-order valence-electron chi connectivity index (χ1n) is 3.12. The minimum Gasteiger partial charge on any atom is -0.258 e.